The van der Waals surface area contributed by atoms with Gasteiger partial charge in [-0.25, -0.2) is 4.68 Å². The lowest BCUT2D eigenvalue weighted by atomic mass is 10.1. The van der Waals surface area contributed by atoms with Crippen LogP contribution in [0.15, 0.2) is 72.0 Å². The Bertz CT molecular complexity index is 847. The number of rotatable bonds is 6. The van der Waals surface area contributed by atoms with E-state index in [1.165, 1.54) is 11.1 Å². The summed E-state index contributed by atoms with van der Waals surface area (Å²) in [5.74, 6) is 0.781. The normalized spacial score (nSPS) is 11.0. The number of hydrogen-bond acceptors (Lipinski definition) is 2. The van der Waals surface area contributed by atoms with E-state index < -0.39 is 0 Å². The molecule has 2 aromatic carbocycles. The van der Waals surface area contributed by atoms with E-state index in [1.54, 1.807) is 13.2 Å². The van der Waals surface area contributed by atoms with Crippen molar-refractivity contribution in [3.63, 3.8) is 0 Å². The third kappa shape index (κ3) is 6.55. The topological polar surface area (TPSA) is 54.2 Å². The van der Waals surface area contributed by atoms with Crippen LogP contribution in [0, 0.1) is 0 Å². The lowest BCUT2D eigenvalue weighted by molar-refractivity contribution is 0.794. The predicted octanol–water partition coefficient (Wildman–Crippen LogP) is 4.05. The molecule has 0 spiro atoms. The second kappa shape index (κ2) is 10.9. The fraction of sp³-hybridized carbons (Fsp3) is 0.200. The molecule has 2 N–H and O–H groups in total. The lowest BCUT2D eigenvalue weighted by Crippen LogP contribution is -2.37. The first-order chi connectivity index (χ1) is 12.7. The first kappa shape index (κ1) is 21.2. The average Bonchev–Trinajstić information content (AvgIpc) is 3.20. The second-order valence-corrected chi connectivity index (χ2v) is 6.29. The standard InChI is InChI=1S/C20H22ClN5.HI/c1-22-20(23-12-10-16-4-2-5-18(21)14-16)24-15-17-6-8-19(9-7-17)26-13-3-11-25-26;/h2-9,11,13-14H,10,12,15H2,1H3,(H2,22,23,24);1H. The number of nitrogens with one attached hydrogen (secondary N) is 2. The van der Waals surface area contributed by atoms with E-state index >= 15 is 0 Å². The van der Waals surface area contributed by atoms with Crippen LogP contribution in [0.25, 0.3) is 5.69 Å². The minimum Gasteiger partial charge on any atom is -0.356 e. The van der Waals surface area contributed by atoms with Gasteiger partial charge in [0.25, 0.3) is 0 Å². The van der Waals surface area contributed by atoms with Crippen molar-refractivity contribution in [2.75, 3.05) is 13.6 Å². The Hall–Kier alpha value is -2.06. The number of guanidine groups is 1. The summed E-state index contributed by atoms with van der Waals surface area (Å²) in [6.45, 7) is 1.49. The van der Waals surface area contributed by atoms with Gasteiger partial charge < -0.3 is 10.6 Å². The molecule has 1 aromatic heterocycles. The summed E-state index contributed by atoms with van der Waals surface area (Å²) in [5, 5.41) is 11.6. The molecule has 5 nitrogen and oxygen atoms in total. The maximum Gasteiger partial charge on any atom is 0.191 e. The van der Waals surface area contributed by atoms with Crippen LogP contribution in [0.4, 0.5) is 0 Å². The van der Waals surface area contributed by atoms with Gasteiger partial charge in [0.05, 0.1) is 5.69 Å². The number of nitrogens with zero attached hydrogens (tertiary/aromatic N) is 3. The van der Waals surface area contributed by atoms with Crippen LogP contribution in [0.5, 0.6) is 0 Å². The van der Waals surface area contributed by atoms with E-state index in [2.05, 4.69) is 51.1 Å². The number of halogens is 2. The monoisotopic (exact) mass is 495 g/mol. The van der Waals surface area contributed by atoms with Crippen LogP contribution in [-0.4, -0.2) is 29.3 Å². The summed E-state index contributed by atoms with van der Waals surface area (Å²) in [7, 11) is 1.77. The van der Waals surface area contributed by atoms with E-state index in [-0.39, 0.29) is 24.0 Å². The van der Waals surface area contributed by atoms with Gasteiger partial charge >= 0.3 is 0 Å². The van der Waals surface area contributed by atoms with Crippen LogP contribution in [0.1, 0.15) is 11.1 Å². The lowest BCUT2D eigenvalue weighted by Gasteiger charge is -2.12. The van der Waals surface area contributed by atoms with E-state index in [4.69, 9.17) is 11.6 Å². The highest BCUT2D eigenvalue weighted by atomic mass is 127. The molecule has 0 aliphatic rings. The Morgan fingerprint density at radius 3 is 2.56 bits per heavy atom. The molecule has 0 radical (unpaired) electrons. The van der Waals surface area contributed by atoms with Crippen LogP contribution in [-0.2, 0) is 13.0 Å². The fourth-order valence-electron chi connectivity index (χ4n) is 2.61. The molecule has 0 amide bonds. The molecule has 0 saturated carbocycles. The van der Waals surface area contributed by atoms with Crippen molar-refractivity contribution in [1.82, 2.24) is 20.4 Å². The maximum atomic E-state index is 6.01. The smallest absolute Gasteiger partial charge is 0.191 e. The first-order valence-electron chi connectivity index (χ1n) is 8.52. The second-order valence-electron chi connectivity index (χ2n) is 5.85. The fourth-order valence-corrected chi connectivity index (χ4v) is 2.83. The van der Waals surface area contributed by atoms with Crippen molar-refractivity contribution in [2.24, 2.45) is 4.99 Å². The van der Waals surface area contributed by atoms with Crippen molar-refractivity contribution in [3.05, 3.63) is 83.1 Å². The molecule has 0 unspecified atom stereocenters. The van der Waals surface area contributed by atoms with E-state index in [0.29, 0.717) is 6.54 Å². The summed E-state index contributed by atoms with van der Waals surface area (Å²) in [4.78, 5) is 4.26. The predicted molar refractivity (Wildman–Crippen MR) is 122 cm³/mol. The van der Waals surface area contributed by atoms with Crippen LogP contribution in [0.3, 0.4) is 0 Å². The zero-order chi connectivity index (χ0) is 18.2. The molecule has 0 saturated heterocycles. The Morgan fingerprint density at radius 2 is 1.89 bits per heavy atom. The molecule has 3 aromatic rings. The molecule has 3 rings (SSSR count). The van der Waals surface area contributed by atoms with Crippen LogP contribution < -0.4 is 10.6 Å². The zero-order valence-corrected chi connectivity index (χ0v) is 18.2. The van der Waals surface area contributed by atoms with Gasteiger partial charge in [0, 0.05) is 37.6 Å². The van der Waals surface area contributed by atoms with Gasteiger partial charge in [-0.05, 0) is 47.9 Å². The van der Waals surface area contributed by atoms with E-state index in [9.17, 15) is 0 Å². The van der Waals surface area contributed by atoms with Gasteiger partial charge in [-0.2, -0.15) is 5.10 Å². The van der Waals surface area contributed by atoms with Crippen molar-refractivity contribution in [2.45, 2.75) is 13.0 Å². The average molecular weight is 496 g/mol. The summed E-state index contributed by atoms with van der Waals surface area (Å²) in [6.07, 6.45) is 4.59. The van der Waals surface area contributed by atoms with Crippen molar-refractivity contribution < 1.29 is 0 Å². The SMILES string of the molecule is CN=C(NCCc1cccc(Cl)c1)NCc1ccc(-n2cccn2)cc1.I. The Morgan fingerprint density at radius 1 is 1.07 bits per heavy atom. The molecule has 0 aliphatic heterocycles. The van der Waals surface area contributed by atoms with Crippen LogP contribution in [0.2, 0.25) is 5.02 Å². The number of benzene rings is 2. The van der Waals surface area contributed by atoms with Gasteiger partial charge in [0.2, 0.25) is 0 Å². The third-order valence-electron chi connectivity index (χ3n) is 3.98. The third-order valence-corrected chi connectivity index (χ3v) is 4.22. The number of aliphatic imine (C=N–C) groups is 1. The Labute approximate surface area is 181 Å². The van der Waals surface area contributed by atoms with Crippen molar-refractivity contribution >= 4 is 41.5 Å². The summed E-state index contributed by atoms with van der Waals surface area (Å²) >= 11 is 6.01. The summed E-state index contributed by atoms with van der Waals surface area (Å²) in [6, 6.07) is 18.1. The molecule has 1 heterocycles. The van der Waals surface area contributed by atoms with Crippen molar-refractivity contribution in [1.29, 1.82) is 0 Å². The maximum absolute atomic E-state index is 6.01. The molecule has 0 aliphatic carbocycles. The highest BCUT2D eigenvalue weighted by Crippen LogP contribution is 2.11. The van der Waals surface area contributed by atoms with E-state index in [1.807, 2.05) is 35.1 Å². The molecule has 27 heavy (non-hydrogen) atoms. The molecular formula is C20H23ClIN5. The number of aromatic nitrogens is 2. The minimum atomic E-state index is 0. The Kier molecular flexibility index (Phi) is 8.60. The number of hydrogen-bond donors (Lipinski definition) is 2. The molecule has 142 valence electrons. The summed E-state index contributed by atoms with van der Waals surface area (Å²) in [5.41, 5.74) is 3.43. The van der Waals surface area contributed by atoms with Gasteiger partial charge in [0.1, 0.15) is 0 Å². The Balaban J connectivity index is 0.00000261. The molecular weight excluding hydrogens is 473 g/mol. The van der Waals surface area contributed by atoms with Gasteiger partial charge in [-0.15, -0.1) is 24.0 Å². The van der Waals surface area contributed by atoms with Crippen LogP contribution >= 0.6 is 35.6 Å². The molecule has 0 atom stereocenters. The highest BCUT2D eigenvalue weighted by molar-refractivity contribution is 14.0. The highest BCUT2D eigenvalue weighted by Gasteiger charge is 2.01. The summed E-state index contributed by atoms with van der Waals surface area (Å²) < 4.78 is 1.84. The minimum absolute atomic E-state index is 0. The first-order valence-corrected chi connectivity index (χ1v) is 8.90. The van der Waals surface area contributed by atoms with Gasteiger partial charge in [-0.1, -0.05) is 35.9 Å². The molecule has 0 bridgehead atoms. The molecule has 0 fully saturated rings. The molecule has 7 heteroatoms. The van der Waals surface area contributed by atoms with Crippen molar-refractivity contribution in [3.8, 4) is 5.69 Å². The van der Waals surface area contributed by atoms with E-state index in [0.717, 1.165) is 29.6 Å². The van der Waals surface area contributed by atoms with Gasteiger partial charge in [-0.3, -0.25) is 4.99 Å². The largest absolute Gasteiger partial charge is 0.356 e. The van der Waals surface area contributed by atoms with Gasteiger partial charge in [0.15, 0.2) is 5.96 Å². The zero-order valence-electron chi connectivity index (χ0n) is 15.1. The quantitative estimate of drug-likeness (QED) is 0.308.